The van der Waals surface area contributed by atoms with Crippen LogP contribution in [-0.2, 0) is 0 Å². The van der Waals surface area contributed by atoms with Crippen molar-refractivity contribution in [2.75, 3.05) is 5.32 Å². The van der Waals surface area contributed by atoms with Gasteiger partial charge >= 0.3 is 0 Å². The summed E-state index contributed by atoms with van der Waals surface area (Å²) in [4.78, 5) is 3.85. The summed E-state index contributed by atoms with van der Waals surface area (Å²) in [6.45, 7) is 3.95. The molecule has 0 saturated heterocycles. The van der Waals surface area contributed by atoms with Crippen molar-refractivity contribution in [3.63, 3.8) is 0 Å². The molecule has 1 N–H and O–H groups in total. The Labute approximate surface area is 111 Å². The molecule has 0 radical (unpaired) electrons. The Morgan fingerprint density at radius 3 is 2.78 bits per heavy atom. The van der Waals surface area contributed by atoms with Crippen molar-refractivity contribution in [1.29, 1.82) is 0 Å². The number of aromatic nitrogens is 1. The molecular formula is C14H14ClFN2. The number of anilines is 1. The van der Waals surface area contributed by atoms with Crippen LogP contribution in [0.3, 0.4) is 0 Å². The zero-order valence-corrected chi connectivity index (χ0v) is 11.0. The predicted molar refractivity (Wildman–Crippen MR) is 72.4 cm³/mol. The average molecular weight is 265 g/mol. The highest BCUT2D eigenvalue weighted by Gasteiger charge is 2.08. The first-order chi connectivity index (χ1) is 8.56. The maximum atomic E-state index is 13.1. The van der Waals surface area contributed by atoms with Gasteiger partial charge in [0.25, 0.3) is 0 Å². The fraction of sp³-hybridized carbons (Fsp3) is 0.214. The van der Waals surface area contributed by atoms with Crippen LogP contribution in [0.5, 0.6) is 0 Å². The third kappa shape index (κ3) is 2.99. The molecule has 0 aliphatic carbocycles. The van der Waals surface area contributed by atoms with Crippen molar-refractivity contribution in [1.82, 2.24) is 4.98 Å². The molecule has 2 aromatic rings. The lowest BCUT2D eigenvalue weighted by Crippen LogP contribution is -2.08. The molecule has 2 nitrogen and oxygen atoms in total. The lowest BCUT2D eigenvalue weighted by atomic mass is 10.1. The van der Waals surface area contributed by atoms with Crippen molar-refractivity contribution >= 4 is 17.3 Å². The number of hydrogen-bond donors (Lipinski definition) is 1. The first-order valence-corrected chi connectivity index (χ1v) is 6.07. The molecule has 0 bridgehead atoms. The Balaban J connectivity index is 2.21. The second-order valence-electron chi connectivity index (χ2n) is 4.26. The van der Waals surface area contributed by atoms with Gasteiger partial charge in [0.2, 0.25) is 0 Å². The van der Waals surface area contributed by atoms with Gasteiger partial charge in [0.1, 0.15) is 5.82 Å². The van der Waals surface area contributed by atoms with Crippen LogP contribution in [0.1, 0.15) is 24.1 Å². The van der Waals surface area contributed by atoms with E-state index in [9.17, 15) is 4.39 Å². The second kappa shape index (κ2) is 5.36. The minimum atomic E-state index is -0.330. The van der Waals surface area contributed by atoms with E-state index in [1.807, 2.05) is 32.0 Å². The molecule has 0 aliphatic rings. The number of nitrogens with one attached hydrogen (secondary N) is 1. The maximum absolute atomic E-state index is 13.1. The van der Waals surface area contributed by atoms with Crippen LogP contribution in [-0.4, -0.2) is 4.98 Å². The van der Waals surface area contributed by atoms with Crippen LogP contribution in [0.4, 0.5) is 10.1 Å². The van der Waals surface area contributed by atoms with Crippen LogP contribution in [0, 0.1) is 12.7 Å². The van der Waals surface area contributed by atoms with Gasteiger partial charge < -0.3 is 5.32 Å². The molecule has 2 rings (SSSR count). The smallest absolute Gasteiger partial charge is 0.141 e. The zero-order valence-electron chi connectivity index (χ0n) is 10.2. The first kappa shape index (κ1) is 12.8. The standard InChI is InChI=1S/C14H14ClFN2/c1-9-3-4-12(15)6-14(9)18-10(2)11-5-13(16)8-17-7-11/h3-8,10,18H,1-2H3. The van der Waals surface area contributed by atoms with Gasteiger partial charge in [-0.3, -0.25) is 4.98 Å². The van der Waals surface area contributed by atoms with Crippen LogP contribution in [0.25, 0.3) is 0 Å². The lowest BCUT2D eigenvalue weighted by Gasteiger charge is -2.17. The number of halogens is 2. The van der Waals surface area contributed by atoms with E-state index in [0.717, 1.165) is 16.8 Å². The van der Waals surface area contributed by atoms with Crippen LogP contribution < -0.4 is 5.32 Å². The quantitative estimate of drug-likeness (QED) is 0.891. The van der Waals surface area contributed by atoms with Gasteiger partial charge in [0, 0.05) is 16.9 Å². The highest BCUT2D eigenvalue weighted by molar-refractivity contribution is 6.30. The Hall–Kier alpha value is -1.61. The number of hydrogen-bond acceptors (Lipinski definition) is 2. The number of benzene rings is 1. The molecule has 0 saturated carbocycles. The summed E-state index contributed by atoms with van der Waals surface area (Å²) in [6, 6.07) is 7.09. The van der Waals surface area contributed by atoms with E-state index < -0.39 is 0 Å². The average Bonchev–Trinajstić information content (AvgIpc) is 2.34. The molecule has 1 aromatic heterocycles. The summed E-state index contributed by atoms with van der Waals surface area (Å²) in [5.74, 6) is -0.330. The summed E-state index contributed by atoms with van der Waals surface area (Å²) in [5.41, 5.74) is 2.84. The molecule has 94 valence electrons. The van der Waals surface area contributed by atoms with Crippen LogP contribution in [0.15, 0.2) is 36.7 Å². The molecule has 1 atom stereocenters. The largest absolute Gasteiger partial charge is 0.378 e. The molecule has 1 unspecified atom stereocenters. The zero-order chi connectivity index (χ0) is 13.1. The third-order valence-corrected chi connectivity index (χ3v) is 3.03. The monoisotopic (exact) mass is 264 g/mol. The molecule has 0 fully saturated rings. The van der Waals surface area contributed by atoms with Gasteiger partial charge in [0.05, 0.1) is 12.2 Å². The highest BCUT2D eigenvalue weighted by atomic mass is 35.5. The van der Waals surface area contributed by atoms with E-state index in [1.165, 1.54) is 12.3 Å². The van der Waals surface area contributed by atoms with E-state index in [2.05, 4.69) is 10.3 Å². The topological polar surface area (TPSA) is 24.9 Å². The van der Waals surface area contributed by atoms with Crippen molar-refractivity contribution in [2.24, 2.45) is 0 Å². The van der Waals surface area contributed by atoms with Crippen molar-refractivity contribution in [3.8, 4) is 0 Å². The summed E-state index contributed by atoms with van der Waals surface area (Å²) in [7, 11) is 0. The van der Waals surface area contributed by atoms with E-state index in [1.54, 1.807) is 6.20 Å². The number of rotatable bonds is 3. The normalized spacial score (nSPS) is 12.2. The molecule has 0 aliphatic heterocycles. The van der Waals surface area contributed by atoms with E-state index >= 15 is 0 Å². The second-order valence-corrected chi connectivity index (χ2v) is 4.70. The number of nitrogens with zero attached hydrogens (tertiary/aromatic N) is 1. The number of pyridine rings is 1. The van der Waals surface area contributed by atoms with Crippen molar-refractivity contribution in [3.05, 3.63) is 58.6 Å². The Morgan fingerprint density at radius 1 is 1.28 bits per heavy atom. The first-order valence-electron chi connectivity index (χ1n) is 5.69. The van der Waals surface area contributed by atoms with Crippen molar-refractivity contribution in [2.45, 2.75) is 19.9 Å². The van der Waals surface area contributed by atoms with E-state index in [4.69, 9.17) is 11.6 Å². The molecular weight excluding hydrogens is 251 g/mol. The van der Waals surface area contributed by atoms with E-state index in [0.29, 0.717) is 5.02 Å². The summed E-state index contributed by atoms with van der Waals surface area (Å²) < 4.78 is 13.1. The minimum Gasteiger partial charge on any atom is -0.378 e. The minimum absolute atomic E-state index is 0.0367. The summed E-state index contributed by atoms with van der Waals surface area (Å²) in [5, 5.41) is 3.98. The predicted octanol–water partition coefficient (Wildman–Crippen LogP) is 4.36. The third-order valence-electron chi connectivity index (χ3n) is 2.80. The van der Waals surface area contributed by atoms with Crippen LogP contribution >= 0.6 is 11.6 Å². The van der Waals surface area contributed by atoms with Crippen LogP contribution in [0.2, 0.25) is 5.02 Å². The fourth-order valence-corrected chi connectivity index (χ4v) is 1.90. The summed E-state index contributed by atoms with van der Waals surface area (Å²) in [6.07, 6.45) is 2.85. The maximum Gasteiger partial charge on any atom is 0.141 e. The number of aryl methyl sites for hydroxylation is 1. The molecule has 0 spiro atoms. The van der Waals surface area contributed by atoms with Crippen molar-refractivity contribution < 1.29 is 4.39 Å². The van der Waals surface area contributed by atoms with Gasteiger partial charge in [-0.1, -0.05) is 17.7 Å². The molecule has 18 heavy (non-hydrogen) atoms. The van der Waals surface area contributed by atoms with Gasteiger partial charge in [-0.05, 0) is 43.2 Å². The highest BCUT2D eigenvalue weighted by Crippen LogP contribution is 2.25. The molecule has 1 aromatic carbocycles. The molecule has 1 heterocycles. The van der Waals surface area contributed by atoms with Gasteiger partial charge in [-0.15, -0.1) is 0 Å². The summed E-state index contributed by atoms with van der Waals surface area (Å²) >= 11 is 5.96. The van der Waals surface area contributed by atoms with Gasteiger partial charge in [0.15, 0.2) is 0 Å². The Morgan fingerprint density at radius 2 is 2.06 bits per heavy atom. The molecule has 0 amide bonds. The van der Waals surface area contributed by atoms with Gasteiger partial charge in [-0.2, -0.15) is 0 Å². The Kier molecular flexibility index (Phi) is 3.82. The molecule has 4 heteroatoms. The Bertz CT molecular complexity index is 557. The lowest BCUT2D eigenvalue weighted by molar-refractivity contribution is 0.616. The van der Waals surface area contributed by atoms with E-state index in [-0.39, 0.29) is 11.9 Å². The fourth-order valence-electron chi connectivity index (χ4n) is 1.73. The SMILES string of the molecule is Cc1ccc(Cl)cc1NC(C)c1cncc(F)c1. The van der Waals surface area contributed by atoms with Gasteiger partial charge in [-0.25, -0.2) is 4.39 Å².